The van der Waals surface area contributed by atoms with Crippen LogP contribution in [0.3, 0.4) is 0 Å². The minimum atomic E-state index is -0.0380. The second kappa shape index (κ2) is 16.9. The van der Waals surface area contributed by atoms with Gasteiger partial charge in [-0.15, -0.1) is 48.1 Å². The summed E-state index contributed by atoms with van der Waals surface area (Å²) in [4.78, 5) is 9.49. The third-order valence-electron chi connectivity index (χ3n) is 14.1. The van der Waals surface area contributed by atoms with E-state index in [1.165, 1.54) is 27.1 Å². The fraction of sp³-hybridized carbons (Fsp3) is 0.0625. The topological polar surface area (TPSA) is 43.4 Å². The third-order valence-corrected chi connectivity index (χ3v) is 14.1. The summed E-state index contributed by atoms with van der Waals surface area (Å²) in [5, 5.41) is 6.99. The number of hydrogen-bond acceptors (Lipinski definition) is 4. The molecule has 8 heteroatoms. The summed E-state index contributed by atoms with van der Waals surface area (Å²) >= 11 is 0. The van der Waals surface area contributed by atoms with Crippen molar-refractivity contribution in [1.29, 1.82) is 0 Å². The van der Waals surface area contributed by atoms with E-state index in [2.05, 4.69) is 251 Å². The molecule has 1 aliphatic heterocycles. The van der Waals surface area contributed by atoms with Gasteiger partial charge in [-0.3, -0.25) is 0 Å². The van der Waals surface area contributed by atoms with Crippen molar-refractivity contribution in [3.8, 4) is 28.7 Å². The van der Waals surface area contributed by atoms with Crippen LogP contribution >= 0.6 is 0 Å². The maximum absolute atomic E-state index is 6.75. The molecule has 13 aromatic rings. The Morgan fingerprint density at radius 1 is 0.458 bits per heavy atom. The second-order valence-electron chi connectivity index (χ2n) is 19.3. The Labute approximate surface area is 431 Å². The SMILES string of the molecule is CC(C)(C)c1ccnc(-n2c3[c-]c(Oc4[c-]c(N5[CH-]N(c6c(-n7c8ccccc8c8ccccc87)ccc7c8ccccc8n(-c8ccccc8)c67)c6ccccc65)ccc4)ccc3c3ccccc32)c1.[Pt]. The fourth-order valence-electron chi connectivity index (χ4n) is 10.9. The first-order valence-electron chi connectivity index (χ1n) is 24.1. The summed E-state index contributed by atoms with van der Waals surface area (Å²) in [5.74, 6) is 2.01. The van der Waals surface area contributed by atoms with Crippen LogP contribution in [0.2, 0.25) is 0 Å². The van der Waals surface area contributed by atoms with Gasteiger partial charge in [0.1, 0.15) is 5.82 Å². The van der Waals surface area contributed by atoms with E-state index in [1.807, 2.05) is 24.4 Å². The monoisotopic (exact) mass is 1110 g/mol. The molecule has 0 fully saturated rings. The summed E-state index contributed by atoms with van der Waals surface area (Å²) in [6.07, 6.45) is 1.90. The Balaban J connectivity index is 0.00000504. The van der Waals surface area contributed by atoms with Crippen molar-refractivity contribution in [2.24, 2.45) is 0 Å². The summed E-state index contributed by atoms with van der Waals surface area (Å²) in [7, 11) is 0. The summed E-state index contributed by atoms with van der Waals surface area (Å²) in [5.41, 5.74) is 13.8. The zero-order chi connectivity index (χ0) is 47.4. The number of ether oxygens (including phenoxy) is 1. The van der Waals surface area contributed by atoms with Crippen molar-refractivity contribution in [3.05, 3.63) is 237 Å². The average molecular weight is 1110 g/mol. The van der Waals surface area contributed by atoms with Gasteiger partial charge in [0, 0.05) is 82.9 Å². The molecule has 0 bridgehead atoms. The van der Waals surface area contributed by atoms with Crippen LogP contribution in [0.4, 0.5) is 22.7 Å². The molecule has 0 aliphatic carbocycles. The predicted molar refractivity (Wildman–Crippen MR) is 292 cm³/mol. The smallest absolute Gasteiger partial charge is 0.135 e. The molecule has 0 spiro atoms. The molecule has 0 radical (unpaired) electrons. The molecule has 9 aromatic carbocycles. The molecule has 0 saturated heterocycles. The van der Waals surface area contributed by atoms with Gasteiger partial charge in [-0.2, -0.15) is 12.1 Å². The number of anilines is 4. The van der Waals surface area contributed by atoms with E-state index in [1.54, 1.807) is 0 Å². The molecule has 0 amide bonds. The molecule has 1 aliphatic rings. The van der Waals surface area contributed by atoms with Crippen molar-refractivity contribution in [3.63, 3.8) is 0 Å². The Kier molecular flexibility index (Phi) is 10.2. The van der Waals surface area contributed by atoms with Crippen molar-refractivity contribution in [1.82, 2.24) is 18.7 Å². The normalized spacial score (nSPS) is 12.7. The largest absolute Gasteiger partial charge is 0.509 e. The van der Waals surface area contributed by atoms with Crippen molar-refractivity contribution in [2.45, 2.75) is 26.2 Å². The number of hydrogen-bond donors (Lipinski definition) is 0. The number of para-hydroxylation sites is 7. The summed E-state index contributed by atoms with van der Waals surface area (Å²) in [6.45, 7) is 8.90. The molecule has 350 valence electrons. The zero-order valence-electron chi connectivity index (χ0n) is 39.7. The molecular weight excluding hydrogens is 1060 g/mol. The molecule has 0 atom stereocenters. The molecule has 0 unspecified atom stereocenters. The van der Waals surface area contributed by atoms with Gasteiger partial charge in [-0.05, 0) is 89.2 Å². The van der Waals surface area contributed by atoms with Gasteiger partial charge in [0.25, 0.3) is 0 Å². The minimum absolute atomic E-state index is 0. The number of pyridine rings is 1. The number of rotatable bonds is 7. The molecule has 14 rings (SSSR count). The van der Waals surface area contributed by atoms with E-state index in [0.717, 1.165) is 83.8 Å². The first-order chi connectivity index (χ1) is 34.9. The van der Waals surface area contributed by atoms with Crippen LogP contribution in [-0.2, 0) is 26.5 Å². The average Bonchev–Trinajstić information content (AvgIpc) is 4.15. The van der Waals surface area contributed by atoms with E-state index in [-0.39, 0.29) is 26.5 Å². The van der Waals surface area contributed by atoms with E-state index in [9.17, 15) is 0 Å². The van der Waals surface area contributed by atoms with Gasteiger partial charge in [-0.1, -0.05) is 129 Å². The van der Waals surface area contributed by atoms with E-state index < -0.39 is 0 Å². The van der Waals surface area contributed by atoms with E-state index in [0.29, 0.717) is 11.5 Å². The van der Waals surface area contributed by atoms with Crippen LogP contribution in [0, 0.1) is 18.8 Å². The van der Waals surface area contributed by atoms with Crippen LogP contribution in [0.5, 0.6) is 11.5 Å². The number of benzene rings is 9. The zero-order valence-corrected chi connectivity index (χ0v) is 42.0. The maximum Gasteiger partial charge on any atom is 0.135 e. The quantitative estimate of drug-likeness (QED) is 0.149. The van der Waals surface area contributed by atoms with Crippen LogP contribution in [0.25, 0.3) is 82.6 Å². The molecule has 7 nitrogen and oxygen atoms in total. The van der Waals surface area contributed by atoms with Crippen LogP contribution in [-0.4, -0.2) is 18.7 Å². The fourth-order valence-corrected chi connectivity index (χ4v) is 10.9. The standard InChI is InChI=1S/C64H45N6O.Pt/c1-64(2,3)42-36-37-65-61(38-42)70-56-29-14-9-24-49(56)51-33-32-46(40-60(51)70)71-45-21-17-20-44(39-45)66-41-67(58-31-16-15-30-57(58)66)63-59(69-54-27-12-7-22-47(54)48-23-8-13-28-55(48)69)35-34-52-50-25-10-11-26-53(50)68(62(52)63)43-18-5-4-6-19-43;/h4-38,41H,1-3H3;/q-3;. The van der Waals surface area contributed by atoms with Gasteiger partial charge in [0.2, 0.25) is 0 Å². The van der Waals surface area contributed by atoms with Crippen molar-refractivity contribution < 1.29 is 25.8 Å². The number of aromatic nitrogens is 4. The number of fused-ring (bicyclic) bond motifs is 10. The molecule has 0 saturated carbocycles. The van der Waals surface area contributed by atoms with E-state index in [4.69, 9.17) is 9.72 Å². The van der Waals surface area contributed by atoms with Gasteiger partial charge in [0.05, 0.1) is 33.4 Å². The Morgan fingerprint density at radius 3 is 1.69 bits per heavy atom. The summed E-state index contributed by atoms with van der Waals surface area (Å²) in [6, 6.07) is 80.5. The Bertz CT molecular complexity index is 4200. The van der Waals surface area contributed by atoms with Crippen molar-refractivity contribution >= 4 is 88.2 Å². The van der Waals surface area contributed by atoms with Gasteiger partial charge < -0.3 is 28.2 Å². The molecule has 5 heterocycles. The van der Waals surface area contributed by atoms with Crippen LogP contribution < -0.4 is 14.5 Å². The number of nitrogens with zero attached hydrogens (tertiary/aromatic N) is 6. The van der Waals surface area contributed by atoms with Gasteiger partial charge in [-0.25, -0.2) is 4.98 Å². The minimum Gasteiger partial charge on any atom is -0.509 e. The third kappa shape index (κ3) is 6.79. The van der Waals surface area contributed by atoms with E-state index >= 15 is 0 Å². The van der Waals surface area contributed by atoms with Crippen molar-refractivity contribution in [2.75, 3.05) is 9.80 Å². The predicted octanol–water partition coefficient (Wildman–Crippen LogP) is 16.5. The molecule has 0 N–H and O–H groups in total. The van der Waals surface area contributed by atoms with Crippen LogP contribution in [0.15, 0.2) is 212 Å². The Hall–Kier alpha value is -8.38. The van der Waals surface area contributed by atoms with Crippen LogP contribution in [0.1, 0.15) is 26.3 Å². The van der Waals surface area contributed by atoms with Gasteiger partial charge >= 0.3 is 0 Å². The molecule has 4 aromatic heterocycles. The molecular formula is C64H45N6OPt-3. The maximum atomic E-state index is 6.75. The summed E-state index contributed by atoms with van der Waals surface area (Å²) < 4.78 is 13.8. The molecule has 72 heavy (non-hydrogen) atoms. The Morgan fingerprint density at radius 2 is 1.01 bits per heavy atom. The first-order valence-corrected chi connectivity index (χ1v) is 24.1. The second-order valence-corrected chi connectivity index (χ2v) is 19.3. The first kappa shape index (κ1) is 43.6. The van der Waals surface area contributed by atoms with Gasteiger partial charge in [0.15, 0.2) is 0 Å².